The standard InChI is InChI=1S/C11H23NO4/c1-2-3-5-16-11-9(15-6-4-13)7-8(12)10(11)14/h8-11,13-14H,2-7,12H2,1H3. The van der Waals surface area contributed by atoms with E-state index < -0.39 is 6.10 Å². The van der Waals surface area contributed by atoms with Crippen molar-refractivity contribution in [2.45, 2.75) is 50.5 Å². The lowest BCUT2D eigenvalue weighted by molar-refractivity contribution is -0.0969. The van der Waals surface area contributed by atoms with Crippen molar-refractivity contribution in [3.8, 4) is 0 Å². The topological polar surface area (TPSA) is 84.9 Å². The summed E-state index contributed by atoms with van der Waals surface area (Å²) >= 11 is 0. The zero-order valence-electron chi connectivity index (χ0n) is 9.84. The lowest BCUT2D eigenvalue weighted by Gasteiger charge is -2.22. The molecule has 16 heavy (non-hydrogen) atoms. The molecule has 1 saturated carbocycles. The molecule has 0 heterocycles. The highest BCUT2D eigenvalue weighted by Crippen LogP contribution is 2.25. The fourth-order valence-corrected chi connectivity index (χ4v) is 1.94. The summed E-state index contributed by atoms with van der Waals surface area (Å²) < 4.78 is 11.0. The fourth-order valence-electron chi connectivity index (χ4n) is 1.94. The molecule has 0 aromatic rings. The highest BCUT2D eigenvalue weighted by molar-refractivity contribution is 4.95. The minimum absolute atomic E-state index is 0.0243. The maximum absolute atomic E-state index is 9.83. The van der Waals surface area contributed by atoms with Crippen LogP contribution in [0.25, 0.3) is 0 Å². The van der Waals surface area contributed by atoms with Crippen LogP contribution in [0.2, 0.25) is 0 Å². The molecule has 0 spiro atoms. The second kappa shape index (κ2) is 7.19. The molecule has 96 valence electrons. The van der Waals surface area contributed by atoms with Gasteiger partial charge in [0.05, 0.1) is 25.4 Å². The first-order valence-corrected chi connectivity index (χ1v) is 5.98. The van der Waals surface area contributed by atoms with Crippen molar-refractivity contribution in [2.24, 2.45) is 5.73 Å². The van der Waals surface area contributed by atoms with Crippen LogP contribution in [-0.2, 0) is 9.47 Å². The van der Waals surface area contributed by atoms with Gasteiger partial charge in [-0.3, -0.25) is 0 Å². The number of unbranched alkanes of at least 4 members (excludes halogenated alkanes) is 1. The van der Waals surface area contributed by atoms with Gasteiger partial charge in [-0.2, -0.15) is 0 Å². The molecular formula is C11H23NO4. The highest BCUT2D eigenvalue weighted by atomic mass is 16.6. The zero-order chi connectivity index (χ0) is 12.0. The van der Waals surface area contributed by atoms with Crippen LogP contribution in [0.4, 0.5) is 0 Å². The summed E-state index contributed by atoms with van der Waals surface area (Å²) in [7, 11) is 0. The van der Waals surface area contributed by atoms with Gasteiger partial charge in [-0.1, -0.05) is 13.3 Å². The number of aliphatic hydroxyl groups is 2. The summed E-state index contributed by atoms with van der Waals surface area (Å²) in [6, 6.07) is -0.296. The average molecular weight is 233 g/mol. The van der Waals surface area contributed by atoms with Crippen LogP contribution < -0.4 is 5.73 Å². The van der Waals surface area contributed by atoms with Gasteiger partial charge in [0.2, 0.25) is 0 Å². The van der Waals surface area contributed by atoms with E-state index in [0.29, 0.717) is 13.0 Å². The van der Waals surface area contributed by atoms with Crippen LogP contribution in [0.15, 0.2) is 0 Å². The van der Waals surface area contributed by atoms with Gasteiger partial charge in [0.1, 0.15) is 6.10 Å². The summed E-state index contributed by atoms with van der Waals surface area (Å²) in [5.74, 6) is 0. The van der Waals surface area contributed by atoms with Gasteiger partial charge in [0.15, 0.2) is 0 Å². The molecule has 4 N–H and O–H groups in total. The Bertz CT molecular complexity index is 191. The maximum atomic E-state index is 9.83. The van der Waals surface area contributed by atoms with Crippen molar-refractivity contribution >= 4 is 0 Å². The van der Waals surface area contributed by atoms with E-state index in [2.05, 4.69) is 6.92 Å². The predicted molar refractivity (Wildman–Crippen MR) is 60.1 cm³/mol. The Morgan fingerprint density at radius 2 is 2.06 bits per heavy atom. The van der Waals surface area contributed by atoms with Gasteiger partial charge in [-0.25, -0.2) is 0 Å². The summed E-state index contributed by atoms with van der Waals surface area (Å²) in [5, 5.41) is 18.5. The monoisotopic (exact) mass is 233 g/mol. The van der Waals surface area contributed by atoms with Crippen molar-refractivity contribution < 1.29 is 19.7 Å². The first-order chi connectivity index (χ1) is 7.70. The number of aliphatic hydroxyl groups excluding tert-OH is 2. The van der Waals surface area contributed by atoms with Crippen LogP contribution in [0.5, 0.6) is 0 Å². The number of hydrogen-bond acceptors (Lipinski definition) is 5. The van der Waals surface area contributed by atoms with Crippen molar-refractivity contribution in [3.05, 3.63) is 0 Å². The number of rotatable bonds is 7. The molecule has 5 heteroatoms. The molecule has 0 aromatic heterocycles. The van der Waals surface area contributed by atoms with Crippen molar-refractivity contribution in [2.75, 3.05) is 19.8 Å². The van der Waals surface area contributed by atoms with Gasteiger partial charge >= 0.3 is 0 Å². The molecule has 0 aliphatic heterocycles. The Labute approximate surface area is 96.5 Å². The zero-order valence-corrected chi connectivity index (χ0v) is 9.84. The van der Waals surface area contributed by atoms with E-state index in [-0.39, 0.29) is 31.5 Å². The van der Waals surface area contributed by atoms with Gasteiger partial charge in [-0.15, -0.1) is 0 Å². The fraction of sp³-hybridized carbons (Fsp3) is 1.00. The molecule has 1 aliphatic rings. The Morgan fingerprint density at radius 3 is 2.69 bits per heavy atom. The van der Waals surface area contributed by atoms with E-state index in [0.717, 1.165) is 12.8 Å². The second-order valence-electron chi connectivity index (χ2n) is 4.21. The number of hydrogen-bond donors (Lipinski definition) is 3. The normalized spacial score (nSPS) is 34.5. The van der Waals surface area contributed by atoms with Crippen molar-refractivity contribution in [1.29, 1.82) is 0 Å². The Kier molecular flexibility index (Phi) is 6.23. The Balaban J connectivity index is 2.40. The molecule has 4 unspecified atom stereocenters. The summed E-state index contributed by atoms with van der Waals surface area (Å²) in [6.45, 7) is 2.94. The minimum Gasteiger partial charge on any atom is -0.394 e. The maximum Gasteiger partial charge on any atom is 0.111 e. The van der Waals surface area contributed by atoms with Gasteiger partial charge in [0, 0.05) is 12.6 Å². The molecule has 0 bridgehead atoms. The molecule has 4 atom stereocenters. The first-order valence-electron chi connectivity index (χ1n) is 5.98. The van der Waals surface area contributed by atoms with Crippen molar-refractivity contribution in [1.82, 2.24) is 0 Å². The van der Waals surface area contributed by atoms with E-state index in [1.165, 1.54) is 0 Å². The largest absolute Gasteiger partial charge is 0.394 e. The third-order valence-corrected chi connectivity index (χ3v) is 2.88. The molecule has 0 aromatic carbocycles. The third kappa shape index (κ3) is 3.68. The minimum atomic E-state index is -0.666. The van der Waals surface area contributed by atoms with Crippen LogP contribution in [-0.4, -0.2) is 54.4 Å². The van der Waals surface area contributed by atoms with E-state index in [4.69, 9.17) is 20.3 Å². The Morgan fingerprint density at radius 1 is 1.31 bits per heavy atom. The third-order valence-electron chi connectivity index (χ3n) is 2.88. The molecule has 0 amide bonds. The average Bonchev–Trinajstić information content (AvgIpc) is 2.54. The molecule has 1 aliphatic carbocycles. The van der Waals surface area contributed by atoms with E-state index in [1.807, 2.05) is 0 Å². The van der Waals surface area contributed by atoms with E-state index in [1.54, 1.807) is 0 Å². The van der Waals surface area contributed by atoms with Gasteiger partial charge in [0.25, 0.3) is 0 Å². The number of ether oxygens (including phenoxy) is 2. The van der Waals surface area contributed by atoms with Crippen LogP contribution in [0.1, 0.15) is 26.2 Å². The molecule has 0 saturated heterocycles. The Hall–Kier alpha value is -0.200. The van der Waals surface area contributed by atoms with Gasteiger partial charge in [-0.05, 0) is 12.8 Å². The van der Waals surface area contributed by atoms with Crippen molar-refractivity contribution in [3.63, 3.8) is 0 Å². The van der Waals surface area contributed by atoms with E-state index in [9.17, 15) is 5.11 Å². The first kappa shape index (κ1) is 13.9. The molecule has 5 nitrogen and oxygen atoms in total. The molecule has 0 radical (unpaired) electrons. The lowest BCUT2D eigenvalue weighted by atomic mass is 10.2. The van der Waals surface area contributed by atoms with Crippen LogP contribution in [0, 0.1) is 0 Å². The van der Waals surface area contributed by atoms with Gasteiger partial charge < -0.3 is 25.4 Å². The quantitative estimate of drug-likeness (QED) is 0.523. The van der Waals surface area contributed by atoms with Crippen LogP contribution in [0.3, 0.4) is 0 Å². The SMILES string of the molecule is CCCCOC1C(OCCO)CC(N)C1O. The smallest absolute Gasteiger partial charge is 0.111 e. The summed E-state index contributed by atoms with van der Waals surface area (Å²) in [4.78, 5) is 0. The summed E-state index contributed by atoms with van der Waals surface area (Å²) in [5.41, 5.74) is 5.76. The predicted octanol–water partition coefficient (Wildman–Crippen LogP) is -0.359. The lowest BCUT2D eigenvalue weighted by Crippen LogP contribution is -2.39. The highest BCUT2D eigenvalue weighted by Gasteiger charge is 2.42. The molecular weight excluding hydrogens is 210 g/mol. The molecule has 1 rings (SSSR count). The molecule has 1 fully saturated rings. The second-order valence-corrected chi connectivity index (χ2v) is 4.21. The number of nitrogens with two attached hydrogens (primary N) is 1. The summed E-state index contributed by atoms with van der Waals surface area (Å²) in [6.07, 6.45) is 1.38. The van der Waals surface area contributed by atoms with E-state index >= 15 is 0 Å². The van der Waals surface area contributed by atoms with Crippen LogP contribution >= 0.6 is 0 Å².